The molecule has 3 aromatic rings. The fourth-order valence-corrected chi connectivity index (χ4v) is 2.86. The zero-order valence-electron chi connectivity index (χ0n) is 15.7. The van der Waals surface area contributed by atoms with Crippen LogP contribution in [0, 0.1) is 0 Å². The van der Waals surface area contributed by atoms with E-state index in [4.69, 9.17) is 9.47 Å². The van der Waals surface area contributed by atoms with Gasteiger partial charge in [0.25, 0.3) is 0 Å². The molecule has 0 fully saturated rings. The van der Waals surface area contributed by atoms with Crippen LogP contribution in [0.1, 0.15) is 23.2 Å². The number of methoxy groups -OCH3 is 1. The summed E-state index contributed by atoms with van der Waals surface area (Å²) >= 11 is 0. The van der Waals surface area contributed by atoms with Gasteiger partial charge in [-0.05, 0) is 42.5 Å². The molecule has 5 heteroatoms. The standard InChI is InChI=1S/C22H25N3O2/c1-3-8-18-12-13-21(22(15-18)26-2)27-14-7-11-20-17-25(24-23-20)16-19-9-5-4-6-10-19/h3-6,9-10,12-13,15,17H,1,7-8,11,14,16H2,2H3. The van der Waals surface area contributed by atoms with Crippen molar-refractivity contribution >= 4 is 0 Å². The first-order chi connectivity index (χ1) is 13.3. The van der Waals surface area contributed by atoms with Crippen LogP contribution in [0.3, 0.4) is 0 Å². The minimum Gasteiger partial charge on any atom is -0.493 e. The van der Waals surface area contributed by atoms with Crippen molar-refractivity contribution in [3.8, 4) is 11.5 Å². The molecule has 0 radical (unpaired) electrons. The summed E-state index contributed by atoms with van der Waals surface area (Å²) in [5, 5.41) is 8.45. The molecule has 0 spiro atoms. The summed E-state index contributed by atoms with van der Waals surface area (Å²) in [6.45, 7) is 5.10. The van der Waals surface area contributed by atoms with Gasteiger partial charge in [0.2, 0.25) is 0 Å². The molecule has 27 heavy (non-hydrogen) atoms. The molecule has 0 saturated heterocycles. The Morgan fingerprint density at radius 1 is 1.07 bits per heavy atom. The Hall–Kier alpha value is -3.08. The Kier molecular flexibility index (Phi) is 6.63. The highest BCUT2D eigenvalue weighted by Crippen LogP contribution is 2.28. The molecule has 1 aromatic heterocycles. The molecule has 0 N–H and O–H groups in total. The van der Waals surface area contributed by atoms with E-state index < -0.39 is 0 Å². The van der Waals surface area contributed by atoms with Gasteiger partial charge in [-0.25, -0.2) is 4.68 Å². The van der Waals surface area contributed by atoms with Gasteiger partial charge in [-0.1, -0.05) is 47.7 Å². The van der Waals surface area contributed by atoms with Gasteiger partial charge in [0.1, 0.15) is 0 Å². The number of rotatable bonds is 10. The number of hydrogen-bond donors (Lipinski definition) is 0. The predicted octanol–water partition coefficient (Wildman–Crippen LogP) is 4.08. The van der Waals surface area contributed by atoms with E-state index in [9.17, 15) is 0 Å². The SMILES string of the molecule is C=CCc1ccc(OCCCc2cn(Cc3ccccc3)nn2)c(OC)c1. The molecule has 0 aliphatic carbocycles. The summed E-state index contributed by atoms with van der Waals surface area (Å²) in [4.78, 5) is 0. The Labute approximate surface area is 160 Å². The van der Waals surface area contributed by atoms with Gasteiger partial charge in [0.15, 0.2) is 11.5 Å². The van der Waals surface area contributed by atoms with Gasteiger partial charge in [-0.15, -0.1) is 11.7 Å². The summed E-state index contributed by atoms with van der Waals surface area (Å²) < 4.78 is 13.2. The van der Waals surface area contributed by atoms with Crippen molar-refractivity contribution in [3.63, 3.8) is 0 Å². The van der Waals surface area contributed by atoms with E-state index >= 15 is 0 Å². The highest BCUT2D eigenvalue weighted by molar-refractivity contribution is 5.43. The lowest BCUT2D eigenvalue weighted by Gasteiger charge is -2.11. The molecule has 0 bridgehead atoms. The second kappa shape index (κ2) is 9.57. The van der Waals surface area contributed by atoms with Crippen LogP contribution in [0.2, 0.25) is 0 Å². The minimum atomic E-state index is 0.600. The van der Waals surface area contributed by atoms with Crippen molar-refractivity contribution in [1.29, 1.82) is 0 Å². The number of nitrogens with zero attached hydrogens (tertiary/aromatic N) is 3. The average molecular weight is 363 g/mol. The van der Waals surface area contributed by atoms with E-state index in [1.165, 1.54) is 5.56 Å². The second-order valence-corrected chi connectivity index (χ2v) is 6.32. The summed E-state index contributed by atoms with van der Waals surface area (Å²) in [5.74, 6) is 1.51. The van der Waals surface area contributed by atoms with Crippen molar-refractivity contribution < 1.29 is 9.47 Å². The molecule has 0 atom stereocenters. The molecule has 5 nitrogen and oxygen atoms in total. The molecule has 0 amide bonds. The quantitative estimate of drug-likeness (QED) is 0.402. The number of aromatic nitrogens is 3. The average Bonchev–Trinajstić information content (AvgIpc) is 3.14. The molecule has 2 aromatic carbocycles. The van der Waals surface area contributed by atoms with Crippen molar-refractivity contribution in [2.24, 2.45) is 0 Å². The Balaban J connectivity index is 1.47. The molecule has 1 heterocycles. The van der Waals surface area contributed by atoms with Crippen LogP contribution in [0.25, 0.3) is 0 Å². The summed E-state index contributed by atoms with van der Waals surface area (Å²) in [5.41, 5.74) is 3.34. The molecule has 0 aliphatic heterocycles. The molecule has 3 rings (SSSR count). The first-order valence-electron chi connectivity index (χ1n) is 9.12. The molecular formula is C22H25N3O2. The maximum atomic E-state index is 5.88. The lowest BCUT2D eigenvalue weighted by atomic mass is 10.1. The molecule has 0 saturated carbocycles. The Morgan fingerprint density at radius 2 is 1.93 bits per heavy atom. The highest BCUT2D eigenvalue weighted by Gasteiger charge is 2.06. The molecular weight excluding hydrogens is 338 g/mol. The Bertz CT molecular complexity index is 859. The van der Waals surface area contributed by atoms with Crippen molar-refractivity contribution in [2.45, 2.75) is 25.8 Å². The van der Waals surface area contributed by atoms with E-state index in [1.807, 2.05) is 53.4 Å². The maximum Gasteiger partial charge on any atom is 0.161 e. The third kappa shape index (κ3) is 5.45. The van der Waals surface area contributed by atoms with E-state index in [0.29, 0.717) is 6.61 Å². The lowest BCUT2D eigenvalue weighted by Crippen LogP contribution is -2.02. The number of aryl methyl sites for hydroxylation is 1. The van der Waals surface area contributed by atoms with Gasteiger partial charge < -0.3 is 9.47 Å². The van der Waals surface area contributed by atoms with Gasteiger partial charge in [-0.2, -0.15) is 0 Å². The first-order valence-corrected chi connectivity index (χ1v) is 9.12. The largest absolute Gasteiger partial charge is 0.493 e. The van der Waals surface area contributed by atoms with Gasteiger partial charge in [-0.3, -0.25) is 0 Å². The van der Waals surface area contributed by atoms with E-state index in [1.54, 1.807) is 7.11 Å². The second-order valence-electron chi connectivity index (χ2n) is 6.32. The van der Waals surface area contributed by atoms with E-state index in [2.05, 4.69) is 29.0 Å². The molecule has 0 unspecified atom stereocenters. The van der Waals surface area contributed by atoms with Crippen LogP contribution in [-0.2, 0) is 19.4 Å². The van der Waals surface area contributed by atoms with Crippen LogP contribution < -0.4 is 9.47 Å². The van der Waals surface area contributed by atoms with Gasteiger partial charge in [0, 0.05) is 6.20 Å². The van der Waals surface area contributed by atoms with Crippen LogP contribution in [-0.4, -0.2) is 28.7 Å². The van der Waals surface area contributed by atoms with Crippen molar-refractivity contribution in [3.05, 3.63) is 84.2 Å². The van der Waals surface area contributed by atoms with E-state index in [0.717, 1.165) is 48.6 Å². The van der Waals surface area contributed by atoms with Crippen LogP contribution in [0.4, 0.5) is 0 Å². The number of hydrogen-bond acceptors (Lipinski definition) is 4. The third-order valence-electron chi connectivity index (χ3n) is 4.22. The van der Waals surface area contributed by atoms with Crippen molar-refractivity contribution in [2.75, 3.05) is 13.7 Å². The molecule has 140 valence electrons. The monoisotopic (exact) mass is 363 g/mol. The van der Waals surface area contributed by atoms with Gasteiger partial charge in [0.05, 0.1) is 26.0 Å². The molecule has 0 aliphatic rings. The zero-order chi connectivity index (χ0) is 18.9. The fourth-order valence-electron chi connectivity index (χ4n) is 2.86. The van der Waals surface area contributed by atoms with E-state index in [-0.39, 0.29) is 0 Å². The third-order valence-corrected chi connectivity index (χ3v) is 4.22. The smallest absolute Gasteiger partial charge is 0.161 e. The lowest BCUT2D eigenvalue weighted by molar-refractivity contribution is 0.289. The summed E-state index contributed by atoms with van der Waals surface area (Å²) in [7, 11) is 1.66. The maximum absolute atomic E-state index is 5.88. The fraction of sp³-hybridized carbons (Fsp3) is 0.273. The van der Waals surface area contributed by atoms with Gasteiger partial charge >= 0.3 is 0 Å². The first kappa shape index (κ1) is 18.7. The minimum absolute atomic E-state index is 0.600. The van der Waals surface area contributed by atoms with Crippen LogP contribution >= 0.6 is 0 Å². The number of ether oxygens (including phenoxy) is 2. The zero-order valence-corrected chi connectivity index (χ0v) is 15.7. The highest BCUT2D eigenvalue weighted by atomic mass is 16.5. The van der Waals surface area contributed by atoms with Crippen molar-refractivity contribution in [1.82, 2.24) is 15.0 Å². The Morgan fingerprint density at radius 3 is 2.70 bits per heavy atom. The number of benzene rings is 2. The number of allylic oxidation sites excluding steroid dienone is 1. The predicted molar refractivity (Wildman–Crippen MR) is 106 cm³/mol. The van der Waals surface area contributed by atoms with Crippen LogP contribution in [0.5, 0.6) is 11.5 Å². The van der Waals surface area contributed by atoms with Crippen LogP contribution in [0.15, 0.2) is 67.4 Å². The topological polar surface area (TPSA) is 49.2 Å². The summed E-state index contributed by atoms with van der Waals surface area (Å²) in [6, 6.07) is 16.2. The normalized spacial score (nSPS) is 10.6. The summed E-state index contributed by atoms with van der Waals surface area (Å²) in [6.07, 6.45) is 6.38.